The average molecular weight is 314 g/mol. The van der Waals surface area contributed by atoms with Crippen LogP contribution in [0.1, 0.15) is 40.2 Å². The maximum atomic E-state index is 13.0. The van der Waals surface area contributed by atoms with Gasteiger partial charge in [-0.05, 0) is 23.7 Å². The van der Waals surface area contributed by atoms with E-state index >= 15 is 0 Å². The van der Waals surface area contributed by atoms with E-state index in [1.165, 1.54) is 0 Å². The average Bonchev–Trinajstić information content (AvgIpc) is 2.45. The number of hydrogen-bond donors (Lipinski definition) is 1. The Kier molecular flexibility index (Phi) is 5.00. The Morgan fingerprint density at radius 3 is 2.22 bits per heavy atom. The van der Waals surface area contributed by atoms with E-state index in [4.69, 9.17) is 4.99 Å². The summed E-state index contributed by atoms with van der Waals surface area (Å²) in [5, 5.41) is 10.3. The molecule has 1 aromatic rings. The quantitative estimate of drug-likeness (QED) is 0.872. The number of nitrogens with zero attached hydrogens (tertiary/aromatic N) is 2. The molecule has 2 atom stereocenters. The molecule has 1 aliphatic rings. The first kappa shape index (κ1) is 17.7. The Hall–Kier alpha value is -1.62. The van der Waals surface area contributed by atoms with E-state index in [-0.39, 0.29) is 23.3 Å². The van der Waals surface area contributed by atoms with Gasteiger partial charge in [-0.1, -0.05) is 65.0 Å². The van der Waals surface area contributed by atoms with Crippen molar-refractivity contribution in [3.05, 3.63) is 35.9 Å². The lowest BCUT2D eigenvalue weighted by molar-refractivity contribution is -0.133. The van der Waals surface area contributed by atoms with E-state index in [1.54, 1.807) is 11.6 Å². The first-order chi connectivity index (χ1) is 10.6. The second-order valence-corrected chi connectivity index (χ2v) is 7.72. The number of carbonyl (C=O) groups is 1. The standard InChI is InChI=1S/C18H27BN2O2/c1-12(2)15-14(13-10-8-7-9-11-13)20-16(18(3,4)5)17(22)21(15)19(6)23/h7-12,15-16,23H,1-6H3. The van der Waals surface area contributed by atoms with E-state index in [0.29, 0.717) is 0 Å². The molecule has 1 heterocycles. The number of hydrogen-bond acceptors (Lipinski definition) is 3. The third kappa shape index (κ3) is 3.50. The fraction of sp³-hybridized carbons (Fsp3) is 0.556. The van der Waals surface area contributed by atoms with E-state index in [2.05, 4.69) is 13.8 Å². The molecule has 0 radical (unpaired) electrons. The van der Waals surface area contributed by atoms with Crippen molar-refractivity contribution in [1.29, 1.82) is 0 Å². The summed E-state index contributed by atoms with van der Waals surface area (Å²) < 4.78 is 0. The maximum Gasteiger partial charge on any atom is 0.412 e. The molecule has 0 aliphatic carbocycles. The Bertz CT molecular complexity index is 591. The molecule has 5 heteroatoms. The maximum absolute atomic E-state index is 13.0. The number of benzene rings is 1. The van der Waals surface area contributed by atoms with Crippen molar-refractivity contribution in [2.45, 2.75) is 53.5 Å². The van der Waals surface area contributed by atoms with E-state index in [1.807, 2.05) is 51.1 Å². The predicted octanol–water partition coefficient (Wildman–Crippen LogP) is 2.87. The summed E-state index contributed by atoms with van der Waals surface area (Å²) in [7, 11) is -0.839. The monoisotopic (exact) mass is 314 g/mol. The predicted molar refractivity (Wildman–Crippen MR) is 95.5 cm³/mol. The van der Waals surface area contributed by atoms with Gasteiger partial charge in [0.15, 0.2) is 0 Å². The molecular formula is C18H27BN2O2. The van der Waals surface area contributed by atoms with Crippen molar-refractivity contribution < 1.29 is 9.82 Å². The van der Waals surface area contributed by atoms with Gasteiger partial charge in [0.05, 0.1) is 11.8 Å². The molecule has 0 aromatic heterocycles. The van der Waals surface area contributed by atoms with Crippen molar-refractivity contribution in [2.24, 2.45) is 16.3 Å². The van der Waals surface area contributed by atoms with Crippen molar-refractivity contribution in [3.63, 3.8) is 0 Å². The van der Waals surface area contributed by atoms with Crippen LogP contribution in [0, 0.1) is 11.3 Å². The summed E-state index contributed by atoms with van der Waals surface area (Å²) in [6.45, 7) is 11.8. The molecule has 0 spiro atoms. The van der Waals surface area contributed by atoms with Crippen LogP contribution in [0.15, 0.2) is 35.3 Å². The zero-order valence-electron chi connectivity index (χ0n) is 14.9. The molecule has 0 bridgehead atoms. The van der Waals surface area contributed by atoms with Crippen molar-refractivity contribution >= 4 is 18.7 Å². The number of amides is 1. The van der Waals surface area contributed by atoms with Crippen molar-refractivity contribution in [3.8, 4) is 0 Å². The number of rotatable bonds is 3. The Balaban J connectivity index is 2.64. The summed E-state index contributed by atoms with van der Waals surface area (Å²) in [6.07, 6.45) is 0. The zero-order valence-corrected chi connectivity index (χ0v) is 14.9. The highest BCUT2D eigenvalue weighted by molar-refractivity contribution is 6.50. The molecule has 0 saturated carbocycles. The molecule has 1 N–H and O–H groups in total. The topological polar surface area (TPSA) is 52.9 Å². The van der Waals surface area contributed by atoms with Gasteiger partial charge in [-0.15, -0.1) is 0 Å². The van der Waals surface area contributed by atoms with Gasteiger partial charge in [-0.25, -0.2) is 0 Å². The van der Waals surface area contributed by atoms with Crippen LogP contribution in [0.4, 0.5) is 0 Å². The summed E-state index contributed by atoms with van der Waals surface area (Å²) in [5.41, 5.74) is 1.60. The normalized spacial score (nSPS) is 22.3. The van der Waals surface area contributed by atoms with Crippen LogP contribution in [-0.4, -0.2) is 40.6 Å². The van der Waals surface area contributed by atoms with Crippen molar-refractivity contribution in [2.75, 3.05) is 0 Å². The van der Waals surface area contributed by atoms with Gasteiger partial charge >= 0.3 is 7.05 Å². The van der Waals surface area contributed by atoms with Gasteiger partial charge in [0.2, 0.25) is 5.91 Å². The summed E-state index contributed by atoms with van der Waals surface area (Å²) >= 11 is 0. The summed E-state index contributed by atoms with van der Waals surface area (Å²) in [4.78, 5) is 19.4. The fourth-order valence-electron chi connectivity index (χ4n) is 3.15. The second kappa shape index (κ2) is 6.48. The smallest absolute Gasteiger partial charge is 0.412 e. The van der Waals surface area contributed by atoms with Crippen LogP contribution < -0.4 is 0 Å². The molecule has 1 amide bonds. The molecule has 0 fully saturated rings. The molecule has 2 unspecified atom stereocenters. The molecule has 4 nitrogen and oxygen atoms in total. The Labute approximate surface area is 139 Å². The second-order valence-electron chi connectivity index (χ2n) is 7.72. The summed E-state index contributed by atoms with van der Waals surface area (Å²) in [5.74, 6) is 0.0688. The third-order valence-electron chi connectivity index (χ3n) is 4.26. The molecule has 124 valence electrons. The minimum atomic E-state index is -0.839. The van der Waals surface area contributed by atoms with Crippen molar-refractivity contribution in [1.82, 2.24) is 4.81 Å². The van der Waals surface area contributed by atoms with Gasteiger partial charge in [0, 0.05) is 0 Å². The van der Waals surface area contributed by atoms with E-state index in [9.17, 15) is 9.82 Å². The molecule has 2 rings (SSSR count). The Morgan fingerprint density at radius 2 is 1.78 bits per heavy atom. The van der Waals surface area contributed by atoms with Gasteiger partial charge in [0.1, 0.15) is 6.04 Å². The molecule has 1 aromatic carbocycles. The highest BCUT2D eigenvalue weighted by Crippen LogP contribution is 2.32. The van der Waals surface area contributed by atoms with Crippen LogP contribution >= 0.6 is 0 Å². The van der Waals surface area contributed by atoms with Gasteiger partial charge in [-0.3, -0.25) is 9.79 Å². The third-order valence-corrected chi connectivity index (χ3v) is 4.26. The van der Waals surface area contributed by atoms with Crippen LogP contribution in [0.25, 0.3) is 0 Å². The van der Waals surface area contributed by atoms with Gasteiger partial charge < -0.3 is 9.83 Å². The fourth-order valence-corrected chi connectivity index (χ4v) is 3.15. The molecule has 23 heavy (non-hydrogen) atoms. The highest BCUT2D eigenvalue weighted by Gasteiger charge is 2.46. The van der Waals surface area contributed by atoms with Crippen LogP contribution in [0.5, 0.6) is 0 Å². The lowest BCUT2D eigenvalue weighted by Gasteiger charge is -2.44. The van der Waals surface area contributed by atoms with Gasteiger partial charge in [-0.2, -0.15) is 0 Å². The minimum absolute atomic E-state index is 0.0918. The lowest BCUT2D eigenvalue weighted by atomic mass is 9.73. The van der Waals surface area contributed by atoms with Gasteiger partial charge in [0.25, 0.3) is 0 Å². The largest absolute Gasteiger partial charge is 0.432 e. The highest BCUT2D eigenvalue weighted by atomic mass is 16.2. The van der Waals surface area contributed by atoms with Crippen LogP contribution in [0.3, 0.4) is 0 Å². The van der Waals surface area contributed by atoms with E-state index in [0.717, 1.165) is 11.3 Å². The summed E-state index contributed by atoms with van der Waals surface area (Å²) in [6, 6.07) is 9.25. The number of aliphatic imine (C=N–C) groups is 1. The first-order valence-electron chi connectivity index (χ1n) is 8.28. The number of carbonyl (C=O) groups excluding carboxylic acids is 1. The van der Waals surface area contributed by atoms with Crippen LogP contribution in [-0.2, 0) is 4.79 Å². The first-order valence-corrected chi connectivity index (χ1v) is 8.28. The van der Waals surface area contributed by atoms with E-state index < -0.39 is 13.1 Å². The Morgan fingerprint density at radius 1 is 1.22 bits per heavy atom. The van der Waals surface area contributed by atoms with Crippen LogP contribution in [0.2, 0.25) is 6.82 Å². The molecular weight excluding hydrogens is 287 g/mol. The zero-order chi connectivity index (χ0) is 17.4. The SMILES string of the molecule is CB(O)N1C(=O)C(C(C)(C)C)N=C(c2ccccc2)C1C(C)C. The minimum Gasteiger partial charge on any atom is -0.432 e. The lowest BCUT2D eigenvalue weighted by Crippen LogP contribution is -2.62. The molecule has 0 saturated heterocycles. The molecule has 1 aliphatic heterocycles.